The average molecular weight is 525 g/mol. The highest BCUT2D eigenvalue weighted by Crippen LogP contribution is 2.35. The molecule has 0 aliphatic carbocycles. The van der Waals surface area contributed by atoms with Crippen LogP contribution >= 0.6 is 27.5 Å². The van der Waals surface area contributed by atoms with Crippen molar-refractivity contribution in [3.8, 4) is 5.75 Å². The highest BCUT2D eigenvalue weighted by atomic mass is 79.9. The first-order valence-electron chi connectivity index (χ1n) is 9.43. The highest BCUT2D eigenvalue weighted by molar-refractivity contribution is 9.10. The second-order valence-electron chi connectivity index (χ2n) is 6.84. The summed E-state index contributed by atoms with van der Waals surface area (Å²) >= 11 is 9.28. The number of hydrazine groups is 1. The first-order valence-corrected chi connectivity index (χ1v) is 10.6. The number of methoxy groups -OCH3 is 1. The first kappa shape index (κ1) is 23.6. The molecule has 2 aromatic carbocycles. The topological polar surface area (TPSA) is 114 Å². The number of carbonyl (C=O) groups excluding carboxylic acids is 4. The number of hydrogen-bond acceptors (Lipinski definition) is 6. The van der Waals surface area contributed by atoms with Crippen molar-refractivity contribution >= 4 is 56.9 Å². The summed E-state index contributed by atoms with van der Waals surface area (Å²) in [6.45, 7) is -0.541. The second-order valence-corrected chi connectivity index (χ2v) is 8.19. The molecule has 9 nitrogen and oxygen atoms in total. The molecule has 1 fully saturated rings. The quantitative estimate of drug-likeness (QED) is 0.443. The molecule has 2 aromatic rings. The third kappa shape index (κ3) is 5.77. The Morgan fingerprint density at radius 3 is 2.56 bits per heavy atom. The summed E-state index contributed by atoms with van der Waals surface area (Å²) in [5, 5.41) is 0.418. The number of halogens is 2. The Morgan fingerprint density at radius 1 is 1.16 bits per heavy atom. The maximum Gasteiger partial charge on any atom is 0.311 e. The number of amides is 3. The summed E-state index contributed by atoms with van der Waals surface area (Å²) in [6, 6.07) is 11.3. The summed E-state index contributed by atoms with van der Waals surface area (Å²) in [7, 11) is 1.47. The van der Waals surface area contributed by atoms with E-state index in [2.05, 4.69) is 26.8 Å². The number of nitrogens with zero attached hydrogens (tertiary/aromatic N) is 1. The fourth-order valence-electron chi connectivity index (χ4n) is 3.06. The zero-order chi connectivity index (χ0) is 23.3. The largest absolute Gasteiger partial charge is 0.495 e. The Hall–Kier alpha value is -3.11. The van der Waals surface area contributed by atoms with E-state index in [-0.39, 0.29) is 18.9 Å². The summed E-state index contributed by atoms with van der Waals surface area (Å²) < 4.78 is 11.1. The molecule has 0 bridgehead atoms. The number of carbonyl (C=O) groups is 4. The number of benzene rings is 2. The second kappa shape index (κ2) is 10.5. The highest BCUT2D eigenvalue weighted by Gasteiger charge is 2.37. The molecule has 11 heteroatoms. The summed E-state index contributed by atoms with van der Waals surface area (Å²) in [5.74, 6) is -2.55. The summed E-state index contributed by atoms with van der Waals surface area (Å²) in [6.07, 6.45) is -0.0730. The molecule has 2 N–H and O–H groups in total. The maximum atomic E-state index is 12.4. The van der Waals surface area contributed by atoms with Gasteiger partial charge in [-0.05, 0) is 42.5 Å². The van der Waals surface area contributed by atoms with Crippen molar-refractivity contribution in [2.75, 3.05) is 25.2 Å². The summed E-state index contributed by atoms with van der Waals surface area (Å²) in [5.41, 5.74) is 5.19. The van der Waals surface area contributed by atoms with Crippen LogP contribution in [0.15, 0.2) is 46.9 Å². The molecule has 1 atom stereocenters. The van der Waals surface area contributed by atoms with Gasteiger partial charge < -0.3 is 14.4 Å². The lowest BCUT2D eigenvalue weighted by Gasteiger charge is -2.19. The maximum absolute atomic E-state index is 12.4. The van der Waals surface area contributed by atoms with Gasteiger partial charge in [0, 0.05) is 28.0 Å². The van der Waals surface area contributed by atoms with Crippen LogP contribution in [0.4, 0.5) is 5.69 Å². The van der Waals surface area contributed by atoms with Crippen LogP contribution in [-0.2, 0) is 19.1 Å². The van der Waals surface area contributed by atoms with Crippen LogP contribution in [0.5, 0.6) is 5.75 Å². The standard InChI is InChI=1S/C21H19BrClN3O6/c1-31-17-7-6-15(23)9-16(17)26-10-13(8-19(26)28)21(30)32-11-18(27)24-25-20(29)12-2-4-14(22)5-3-12/h2-7,9,13H,8,10-11H2,1H3,(H,24,27)(H,25,29)/t13-/m0/s1. The number of anilines is 1. The average Bonchev–Trinajstić information content (AvgIpc) is 3.17. The molecule has 0 aromatic heterocycles. The van der Waals surface area contributed by atoms with Gasteiger partial charge in [0.15, 0.2) is 6.61 Å². The van der Waals surface area contributed by atoms with E-state index in [1.165, 1.54) is 12.0 Å². The molecule has 1 saturated heterocycles. The first-order chi connectivity index (χ1) is 15.3. The van der Waals surface area contributed by atoms with Gasteiger partial charge >= 0.3 is 5.97 Å². The van der Waals surface area contributed by atoms with Crippen LogP contribution in [-0.4, -0.2) is 44.0 Å². The third-order valence-corrected chi connectivity index (χ3v) is 5.42. The minimum absolute atomic E-state index is 0.0658. The van der Waals surface area contributed by atoms with Gasteiger partial charge in [-0.15, -0.1) is 0 Å². The van der Waals surface area contributed by atoms with Crippen LogP contribution in [0.1, 0.15) is 16.8 Å². The van der Waals surface area contributed by atoms with Gasteiger partial charge in [-0.2, -0.15) is 0 Å². The Balaban J connectivity index is 1.49. The van der Waals surface area contributed by atoms with Crippen molar-refractivity contribution < 1.29 is 28.7 Å². The number of nitrogens with one attached hydrogen (secondary N) is 2. The van der Waals surface area contributed by atoms with Crippen LogP contribution in [0.3, 0.4) is 0 Å². The SMILES string of the molecule is COc1ccc(Cl)cc1N1C[C@@H](C(=O)OCC(=O)NNC(=O)c2ccc(Br)cc2)CC1=O. The Bertz CT molecular complexity index is 1050. The van der Waals surface area contributed by atoms with Crippen LogP contribution < -0.4 is 20.5 Å². The van der Waals surface area contributed by atoms with Crippen molar-refractivity contribution in [3.05, 3.63) is 57.5 Å². The van der Waals surface area contributed by atoms with E-state index in [0.717, 1.165) is 4.47 Å². The fraction of sp³-hybridized carbons (Fsp3) is 0.238. The molecule has 0 unspecified atom stereocenters. The minimum atomic E-state index is -0.753. The van der Waals surface area contributed by atoms with E-state index < -0.39 is 30.3 Å². The molecule has 0 radical (unpaired) electrons. The van der Waals surface area contributed by atoms with Gasteiger partial charge in [0.25, 0.3) is 11.8 Å². The Morgan fingerprint density at radius 2 is 1.88 bits per heavy atom. The normalized spacial score (nSPS) is 15.3. The van der Waals surface area contributed by atoms with E-state index in [1.807, 2.05) is 0 Å². The Kier molecular flexibility index (Phi) is 7.70. The monoisotopic (exact) mass is 523 g/mol. The molecule has 3 rings (SSSR count). The smallest absolute Gasteiger partial charge is 0.311 e. The molecular weight excluding hydrogens is 506 g/mol. The van der Waals surface area contributed by atoms with Gasteiger partial charge in [0.2, 0.25) is 5.91 Å². The molecular formula is C21H19BrClN3O6. The zero-order valence-corrected chi connectivity index (χ0v) is 19.2. The molecule has 32 heavy (non-hydrogen) atoms. The van der Waals surface area contributed by atoms with Crippen molar-refractivity contribution in [3.63, 3.8) is 0 Å². The predicted octanol–water partition coefficient (Wildman–Crippen LogP) is 2.47. The van der Waals surface area contributed by atoms with Gasteiger partial charge in [-0.1, -0.05) is 27.5 Å². The van der Waals surface area contributed by atoms with E-state index in [0.29, 0.717) is 22.0 Å². The number of esters is 1. The molecule has 1 heterocycles. The Labute approximate surface area is 197 Å². The van der Waals surface area contributed by atoms with E-state index in [1.54, 1.807) is 42.5 Å². The number of hydrogen-bond donors (Lipinski definition) is 2. The van der Waals surface area contributed by atoms with Crippen LogP contribution in [0.2, 0.25) is 5.02 Å². The van der Waals surface area contributed by atoms with E-state index in [4.69, 9.17) is 21.1 Å². The number of rotatable bonds is 6. The van der Waals surface area contributed by atoms with Gasteiger partial charge in [0.05, 0.1) is 18.7 Å². The minimum Gasteiger partial charge on any atom is -0.495 e. The van der Waals surface area contributed by atoms with Crippen LogP contribution in [0.25, 0.3) is 0 Å². The van der Waals surface area contributed by atoms with Crippen molar-refractivity contribution in [1.82, 2.24) is 10.9 Å². The van der Waals surface area contributed by atoms with Gasteiger partial charge in [0.1, 0.15) is 5.75 Å². The fourth-order valence-corrected chi connectivity index (χ4v) is 3.49. The van der Waals surface area contributed by atoms with Crippen molar-refractivity contribution in [2.45, 2.75) is 6.42 Å². The van der Waals surface area contributed by atoms with Crippen molar-refractivity contribution in [2.24, 2.45) is 5.92 Å². The molecule has 0 saturated carbocycles. The van der Waals surface area contributed by atoms with Gasteiger partial charge in [-0.3, -0.25) is 30.0 Å². The van der Waals surface area contributed by atoms with Crippen molar-refractivity contribution in [1.29, 1.82) is 0 Å². The van der Waals surface area contributed by atoms with E-state index >= 15 is 0 Å². The summed E-state index contributed by atoms with van der Waals surface area (Å²) in [4.78, 5) is 50.1. The predicted molar refractivity (Wildman–Crippen MR) is 119 cm³/mol. The zero-order valence-electron chi connectivity index (χ0n) is 16.9. The molecule has 168 valence electrons. The lowest BCUT2D eigenvalue weighted by Crippen LogP contribution is -2.43. The lowest BCUT2D eigenvalue weighted by atomic mass is 10.1. The molecule has 3 amide bonds. The molecule has 1 aliphatic rings. The van der Waals surface area contributed by atoms with E-state index in [9.17, 15) is 19.2 Å². The molecule has 1 aliphatic heterocycles. The van der Waals surface area contributed by atoms with Gasteiger partial charge in [-0.25, -0.2) is 0 Å². The van der Waals surface area contributed by atoms with Crippen LogP contribution in [0, 0.1) is 5.92 Å². The lowest BCUT2D eigenvalue weighted by molar-refractivity contribution is -0.152. The number of ether oxygens (including phenoxy) is 2. The molecule has 0 spiro atoms. The third-order valence-electron chi connectivity index (χ3n) is 4.66.